The van der Waals surface area contributed by atoms with Gasteiger partial charge >= 0.3 is 0 Å². The zero-order valence-corrected chi connectivity index (χ0v) is 13.9. The van der Waals surface area contributed by atoms with Crippen molar-refractivity contribution in [2.45, 2.75) is 25.7 Å². The van der Waals surface area contributed by atoms with E-state index in [4.69, 9.17) is 11.5 Å². The highest BCUT2D eigenvalue weighted by Gasteiger charge is 2.08. The maximum Gasteiger partial charge on any atom is 0.185 e. The molecule has 1 aliphatic heterocycles. The second kappa shape index (κ2) is 13.8. The number of aliphatic imine (C=N–C) groups is 1. The van der Waals surface area contributed by atoms with Crippen molar-refractivity contribution in [3.63, 3.8) is 0 Å². The summed E-state index contributed by atoms with van der Waals surface area (Å²) in [6.07, 6.45) is 4.62. The summed E-state index contributed by atoms with van der Waals surface area (Å²) in [6.45, 7) is 9.25. The SMILES string of the molecule is NC(N)=NCCCCC1CNCCNCCCNCCNC1. The highest BCUT2D eigenvalue weighted by molar-refractivity contribution is 5.75. The van der Waals surface area contributed by atoms with Gasteiger partial charge in [0.15, 0.2) is 5.96 Å². The summed E-state index contributed by atoms with van der Waals surface area (Å²) in [6, 6.07) is 0. The third-order valence-corrected chi connectivity index (χ3v) is 3.85. The quantitative estimate of drug-likeness (QED) is 0.216. The van der Waals surface area contributed by atoms with E-state index >= 15 is 0 Å². The topological polar surface area (TPSA) is 113 Å². The van der Waals surface area contributed by atoms with Gasteiger partial charge in [-0.25, -0.2) is 0 Å². The Bertz CT molecular complexity index is 265. The van der Waals surface area contributed by atoms with Crippen LogP contribution in [0.25, 0.3) is 0 Å². The van der Waals surface area contributed by atoms with Crippen LogP contribution in [0.3, 0.4) is 0 Å². The fraction of sp³-hybridized carbons (Fsp3) is 0.933. The molecule has 0 aromatic rings. The Morgan fingerprint density at radius 3 is 2.00 bits per heavy atom. The van der Waals surface area contributed by atoms with E-state index in [9.17, 15) is 0 Å². The molecule has 0 amide bonds. The van der Waals surface area contributed by atoms with E-state index in [0.717, 1.165) is 65.3 Å². The van der Waals surface area contributed by atoms with Crippen molar-refractivity contribution in [2.75, 3.05) is 58.9 Å². The fourth-order valence-corrected chi connectivity index (χ4v) is 2.58. The van der Waals surface area contributed by atoms with Crippen LogP contribution < -0.4 is 32.7 Å². The lowest BCUT2D eigenvalue weighted by Crippen LogP contribution is -2.38. The molecule has 8 N–H and O–H groups in total. The molecule has 0 aliphatic carbocycles. The highest BCUT2D eigenvalue weighted by atomic mass is 15.0. The summed E-state index contributed by atoms with van der Waals surface area (Å²) in [5, 5.41) is 14.1. The maximum absolute atomic E-state index is 5.33. The first-order valence-electron chi connectivity index (χ1n) is 8.67. The summed E-state index contributed by atoms with van der Waals surface area (Å²) in [5.74, 6) is 0.864. The van der Waals surface area contributed by atoms with Gasteiger partial charge in [-0.3, -0.25) is 4.99 Å². The van der Waals surface area contributed by atoms with E-state index in [0.29, 0.717) is 5.92 Å². The zero-order chi connectivity index (χ0) is 15.9. The number of nitrogens with one attached hydrogen (secondary N) is 4. The van der Waals surface area contributed by atoms with Crippen molar-refractivity contribution in [3.05, 3.63) is 0 Å². The summed E-state index contributed by atoms with van der Waals surface area (Å²) < 4.78 is 0. The average molecular weight is 313 g/mol. The van der Waals surface area contributed by atoms with Crippen LogP contribution in [0.5, 0.6) is 0 Å². The number of unbranched alkanes of at least 4 members (excludes halogenated alkanes) is 1. The Morgan fingerprint density at radius 1 is 0.818 bits per heavy atom. The standard InChI is InChI=1S/C15H35N7/c16-15(17)22-7-2-1-4-14-12-20-10-8-18-5-3-6-19-9-11-21-13-14/h14,18-21H,1-13H2,(H4,16,17,22). The van der Waals surface area contributed by atoms with Gasteiger partial charge in [0.25, 0.3) is 0 Å². The second-order valence-electron chi connectivity index (χ2n) is 5.93. The van der Waals surface area contributed by atoms with Crippen molar-refractivity contribution >= 4 is 5.96 Å². The summed E-state index contributed by atoms with van der Waals surface area (Å²) in [4.78, 5) is 4.03. The summed E-state index contributed by atoms with van der Waals surface area (Å²) in [7, 11) is 0. The highest BCUT2D eigenvalue weighted by Crippen LogP contribution is 2.07. The van der Waals surface area contributed by atoms with Gasteiger partial charge in [0, 0.05) is 32.7 Å². The van der Waals surface area contributed by atoms with E-state index in [1.807, 2.05) is 0 Å². The molecular weight excluding hydrogens is 278 g/mol. The van der Waals surface area contributed by atoms with Crippen molar-refractivity contribution in [1.29, 1.82) is 0 Å². The van der Waals surface area contributed by atoms with Crippen molar-refractivity contribution < 1.29 is 0 Å². The molecule has 22 heavy (non-hydrogen) atoms. The van der Waals surface area contributed by atoms with Gasteiger partial charge in [0.05, 0.1) is 0 Å². The van der Waals surface area contributed by atoms with Crippen LogP contribution in [0.2, 0.25) is 0 Å². The first kappa shape index (κ1) is 19.2. The Hall–Kier alpha value is -0.890. The minimum absolute atomic E-state index is 0.196. The lowest BCUT2D eigenvalue weighted by molar-refractivity contribution is 0.398. The van der Waals surface area contributed by atoms with E-state index < -0.39 is 0 Å². The molecule has 1 fully saturated rings. The molecule has 0 unspecified atom stereocenters. The number of nitrogens with two attached hydrogens (primary N) is 2. The average Bonchev–Trinajstić information content (AvgIpc) is 2.50. The molecule has 0 bridgehead atoms. The van der Waals surface area contributed by atoms with E-state index in [2.05, 4.69) is 26.3 Å². The molecule has 7 nitrogen and oxygen atoms in total. The molecule has 0 spiro atoms. The monoisotopic (exact) mass is 313 g/mol. The molecule has 0 aromatic heterocycles. The molecule has 1 saturated heterocycles. The van der Waals surface area contributed by atoms with Gasteiger partial charge in [0.1, 0.15) is 0 Å². The lowest BCUT2D eigenvalue weighted by Gasteiger charge is -2.19. The Labute approximate surface area is 135 Å². The van der Waals surface area contributed by atoms with Crippen LogP contribution in [0.4, 0.5) is 0 Å². The normalized spacial score (nSPS) is 20.2. The number of hydrogen-bond acceptors (Lipinski definition) is 5. The minimum Gasteiger partial charge on any atom is -0.370 e. The number of rotatable bonds is 5. The molecule has 7 heteroatoms. The van der Waals surface area contributed by atoms with Crippen LogP contribution in [-0.2, 0) is 0 Å². The van der Waals surface area contributed by atoms with Gasteiger partial charge < -0.3 is 32.7 Å². The molecule has 1 aliphatic rings. The van der Waals surface area contributed by atoms with Gasteiger partial charge in [-0.15, -0.1) is 0 Å². The minimum atomic E-state index is 0.196. The molecular formula is C15H35N7. The van der Waals surface area contributed by atoms with Crippen molar-refractivity contribution in [2.24, 2.45) is 22.4 Å². The molecule has 0 aromatic carbocycles. The van der Waals surface area contributed by atoms with Crippen LogP contribution in [0.15, 0.2) is 4.99 Å². The fourth-order valence-electron chi connectivity index (χ4n) is 2.58. The number of hydrogen-bond donors (Lipinski definition) is 6. The van der Waals surface area contributed by atoms with Gasteiger partial charge in [0.2, 0.25) is 0 Å². The molecule has 1 heterocycles. The van der Waals surface area contributed by atoms with Crippen LogP contribution in [-0.4, -0.2) is 64.9 Å². The predicted octanol–water partition coefficient (Wildman–Crippen LogP) is -1.19. The maximum atomic E-state index is 5.33. The zero-order valence-electron chi connectivity index (χ0n) is 13.9. The largest absolute Gasteiger partial charge is 0.370 e. The van der Waals surface area contributed by atoms with Crippen LogP contribution in [0.1, 0.15) is 25.7 Å². The number of nitrogens with zero attached hydrogens (tertiary/aromatic N) is 1. The first-order chi connectivity index (χ1) is 10.8. The Morgan fingerprint density at radius 2 is 1.41 bits per heavy atom. The molecule has 130 valence electrons. The van der Waals surface area contributed by atoms with Crippen LogP contribution >= 0.6 is 0 Å². The van der Waals surface area contributed by atoms with E-state index in [-0.39, 0.29) is 5.96 Å². The molecule has 0 saturated carbocycles. The Kier molecular flexibility index (Phi) is 12.0. The van der Waals surface area contributed by atoms with Gasteiger partial charge in [-0.1, -0.05) is 6.42 Å². The smallest absolute Gasteiger partial charge is 0.185 e. The van der Waals surface area contributed by atoms with E-state index in [1.54, 1.807) is 0 Å². The second-order valence-corrected chi connectivity index (χ2v) is 5.93. The van der Waals surface area contributed by atoms with Gasteiger partial charge in [-0.2, -0.15) is 0 Å². The third kappa shape index (κ3) is 11.7. The predicted molar refractivity (Wildman–Crippen MR) is 94.1 cm³/mol. The van der Waals surface area contributed by atoms with Gasteiger partial charge in [-0.05, 0) is 51.4 Å². The molecule has 0 atom stereocenters. The number of guanidine groups is 1. The lowest BCUT2D eigenvalue weighted by atomic mass is 10.0. The molecule has 1 rings (SSSR count). The van der Waals surface area contributed by atoms with Crippen LogP contribution in [0, 0.1) is 5.92 Å². The first-order valence-corrected chi connectivity index (χ1v) is 8.67. The summed E-state index contributed by atoms with van der Waals surface area (Å²) in [5.41, 5.74) is 10.7. The molecule has 0 radical (unpaired) electrons. The summed E-state index contributed by atoms with van der Waals surface area (Å²) >= 11 is 0. The Balaban J connectivity index is 2.19. The van der Waals surface area contributed by atoms with Crippen molar-refractivity contribution in [1.82, 2.24) is 21.3 Å². The van der Waals surface area contributed by atoms with E-state index in [1.165, 1.54) is 19.3 Å². The third-order valence-electron chi connectivity index (χ3n) is 3.85. The van der Waals surface area contributed by atoms with Crippen molar-refractivity contribution in [3.8, 4) is 0 Å².